The zero-order valence-corrected chi connectivity index (χ0v) is 22.2. The van der Waals surface area contributed by atoms with Crippen LogP contribution in [0.1, 0.15) is 56.6 Å². The molecule has 200 valence electrons. The zero-order valence-electron chi connectivity index (χ0n) is 22.2. The van der Waals surface area contributed by atoms with E-state index in [9.17, 15) is 19.7 Å². The third-order valence-electron chi connectivity index (χ3n) is 6.89. The Labute approximate surface area is 221 Å². The molecule has 0 saturated carbocycles. The number of rotatable bonds is 8. The molecule has 0 amide bonds. The Morgan fingerprint density at radius 1 is 1.08 bits per heavy atom. The number of hydrogen-bond donors (Lipinski definition) is 1. The number of carbonyl (C=O) groups is 2. The van der Waals surface area contributed by atoms with E-state index in [4.69, 9.17) is 14.2 Å². The van der Waals surface area contributed by atoms with Crippen molar-refractivity contribution < 1.29 is 28.7 Å². The highest BCUT2D eigenvalue weighted by atomic mass is 16.6. The van der Waals surface area contributed by atoms with Crippen molar-refractivity contribution in [1.29, 1.82) is 0 Å². The van der Waals surface area contributed by atoms with Crippen molar-refractivity contribution in [2.24, 2.45) is 5.92 Å². The first-order valence-corrected chi connectivity index (χ1v) is 12.5. The van der Waals surface area contributed by atoms with E-state index in [0.29, 0.717) is 46.0 Å². The Morgan fingerprint density at radius 2 is 1.82 bits per heavy atom. The number of Topliss-reactive ketones (excluding diaryl/α,β-unsaturated/α-hetero) is 1. The number of ketones is 1. The number of ether oxygens (including phenoxy) is 3. The molecule has 1 aliphatic heterocycles. The Morgan fingerprint density at radius 3 is 2.47 bits per heavy atom. The molecule has 0 aromatic heterocycles. The maximum Gasteiger partial charge on any atom is 0.336 e. The number of hydrogen-bond acceptors (Lipinski definition) is 8. The molecule has 1 N–H and O–H groups in total. The molecule has 1 heterocycles. The number of nitro benzene ring substituents is 1. The maximum absolute atomic E-state index is 13.8. The van der Waals surface area contributed by atoms with E-state index < -0.39 is 16.8 Å². The van der Waals surface area contributed by atoms with E-state index in [-0.39, 0.29) is 36.3 Å². The van der Waals surface area contributed by atoms with Crippen molar-refractivity contribution in [3.05, 3.63) is 86.2 Å². The van der Waals surface area contributed by atoms with Gasteiger partial charge >= 0.3 is 5.97 Å². The minimum Gasteiger partial charge on any atom is -0.493 e. The first-order valence-electron chi connectivity index (χ1n) is 12.5. The van der Waals surface area contributed by atoms with Crippen LogP contribution in [-0.4, -0.2) is 37.5 Å². The van der Waals surface area contributed by atoms with Crippen molar-refractivity contribution in [2.75, 3.05) is 20.8 Å². The first-order chi connectivity index (χ1) is 18.1. The summed E-state index contributed by atoms with van der Waals surface area (Å²) in [6.07, 6.45) is 0.739. The van der Waals surface area contributed by atoms with Crippen LogP contribution in [-0.2, 0) is 14.3 Å². The average molecular weight is 521 g/mol. The number of benzene rings is 2. The molecule has 2 atom stereocenters. The molecule has 1 aliphatic carbocycles. The Balaban J connectivity index is 1.78. The van der Waals surface area contributed by atoms with Crippen molar-refractivity contribution in [2.45, 2.75) is 45.4 Å². The van der Waals surface area contributed by atoms with E-state index in [1.807, 2.05) is 32.0 Å². The summed E-state index contributed by atoms with van der Waals surface area (Å²) < 4.78 is 16.4. The van der Waals surface area contributed by atoms with Gasteiger partial charge < -0.3 is 19.5 Å². The highest BCUT2D eigenvalue weighted by molar-refractivity contribution is 6.04. The van der Waals surface area contributed by atoms with Gasteiger partial charge in [-0.2, -0.15) is 0 Å². The lowest BCUT2D eigenvalue weighted by Crippen LogP contribution is -2.36. The van der Waals surface area contributed by atoms with Crippen LogP contribution in [0, 0.1) is 16.0 Å². The fraction of sp³-hybridized carbons (Fsp3) is 0.379. The summed E-state index contributed by atoms with van der Waals surface area (Å²) in [4.78, 5) is 38.1. The second-order valence-corrected chi connectivity index (χ2v) is 9.98. The molecule has 0 radical (unpaired) electrons. The maximum atomic E-state index is 13.8. The number of allylic oxidation sites excluding steroid dienone is 3. The highest BCUT2D eigenvalue weighted by Crippen LogP contribution is 2.47. The summed E-state index contributed by atoms with van der Waals surface area (Å²) in [7, 11) is 3.13. The van der Waals surface area contributed by atoms with Gasteiger partial charge in [0.2, 0.25) is 0 Å². The minimum atomic E-state index is -0.773. The third kappa shape index (κ3) is 5.27. The molecule has 0 unspecified atom stereocenters. The van der Waals surface area contributed by atoms with Crippen LogP contribution in [0.2, 0.25) is 0 Å². The van der Waals surface area contributed by atoms with Crippen molar-refractivity contribution in [1.82, 2.24) is 5.32 Å². The van der Waals surface area contributed by atoms with Gasteiger partial charge in [-0.1, -0.05) is 32.0 Å². The van der Waals surface area contributed by atoms with Gasteiger partial charge in [0.05, 0.1) is 31.3 Å². The first kappa shape index (κ1) is 26.9. The van der Waals surface area contributed by atoms with Gasteiger partial charge in [0, 0.05) is 41.4 Å². The fourth-order valence-corrected chi connectivity index (χ4v) is 5.12. The summed E-state index contributed by atoms with van der Waals surface area (Å²) in [6.45, 7) is 5.86. The molecule has 0 saturated heterocycles. The van der Waals surface area contributed by atoms with Crippen LogP contribution >= 0.6 is 0 Å². The van der Waals surface area contributed by atoms with Gasteiger partial charge in [-0.15, -0.1) is 0 Å². The molecule has 0 fully saturated rings. The molecule has 9 nitrogen and oxygen atoms in total. The molecular weight excluding hydrogens is 488 g/mol. The highest BCUT2D eigenvalue weighted by Gasteiger charge is 2.42. The molecular formula is C29H32N2O7. The van der Waals surface area contributed by atoms with E-state index in [2.05, 4.69) is 5.32 Å². The molecule has 0 bridgehead atoms. The zero-order chi connectivity index (χ0) is 27.6. The van der Waals surface area contributed by atoms with Crippen LogP contribution in [0.5, 0.6) is 11.5 Å². The third-order valence-corrected chi connectivity index (χ3v) is 6.89. The number of carbonyl (C=O) groups excluding carboxylic acids is 2. The second-order valence-electron chi connectivity index (χ2n) is 9.98. The van der Waals surface area contributed by atoms with Crippen molar-refractivity contribution in [3.63, 3.8) is 0 Å². The lowest BCUT2D eigenvalue weighted by molar-refractivity contribution is -0.384. The number of nitrogens with zero attached hydrogens (tertiary/aromatic N) is 1. The minimum absolute atomic E-state index is 0.109. The summed E-state index contributed by atoms with van der Waals surface area (Å²) >= 11 is 0. The van der Waals surface area contributed by atoms with Crippen LogP contribution in [0.25, 0.3) is 0 Å². The fourth-order valence-electron chi connectivity index (χ4n) is 5.12. The van der Waals surface area contributed by atoms with Crippen LogP contribution in [0.3, 0.4) is 0 Å². The van der Waals surface area contributed by atoms with Crippen LogP contribution in [0.4, 0.5) is 5.69 Å². The predicted molar refractivity (Wildman–Crippen MR) is 141 cm³/mol. The predicted octanol–water partition coefficient (Wildman–Crippen LogP) is 5.17. The van der Waals surface area contributed by atoms with Crippen LogP contribution < -0.4 is 14.8 Å². The molecule has 38 heavy (non-hydrogen) atoms. The van der Waals surface area contributed by atoms with Crippen molar-refractivity contribution >= 4 is 17.4 Å². The Kier molecular flexibility index (Phi) is 7.85. The standard InChI is InChI=1S/C29H32N2O7/c1-16(2)15-38-29(33)26-17(3)30-22-12-20(18-9-10-24(36-4)25(14-18)37-5)13-23(32)28(22)27(26)19-7-6-8-21(11-19)31(34)35/h6-11,14,16,20,27,30H,12-13,15H2,1-5H3/t20-,27-/m1/s1. The molecule has 0 spiro atoms. The second kappa shape index (κ2) is 11.1. The van der Waals surface area contributed by atoms with E-state index in [1.165, 1.54) is 12.1 Å². The van der Waals surface area contributed by atoms with Gasteiger partial charge in [-0.05, 0) is 48.4 Å². The normalized spacial score (nSPS) is 19.2. The number of nitrogens with one attached hydrogen (secondary N) is 1. The summed E-state index contributed by atoms with van der Waals surface area (Å²) in [5.41, 5.74) is 3.33. The molecule has 2 aromatic rings. The lowest BCUT2D eigenvalue weighted by atomic mass is 9.71. The van der Waals surface area contributed by atoms with E-state index in [1.54, 1.807) is 33.3 Å². The van der Waals surface area contributed by atoms with Gasteiger partial charge in [-0.25, -0.2) is 4.79 Å². The van der Waals surface area contributed by atoms with E-state index in [0.717, 1.165) is 5.56 Å². The molecule has 2 aromatic carbocycles. The van der Waals surface area contributed by atoms with Gasteiger partial charge in [0.1, 0.15) is 0 Å². The lowest BCUT2D eigenvalue weighted by Gasteiger charge is -2.36. The van der Waals surface area contributed by atoms with Crippen LogP contribution in [0.15, 0.2) is 65.0 Å². The number of esters is 1. The van der Waals surface area contributed by atoms with E-state index >= 15 is 0 Å². The quantitative estimate of drug-likeness (QED) is 0.288. The SMILES string of the molecule is COc1ccc([C@H]2CC(=O)C3=C(C2)NC(C)=C(C(=O)OCC(C)C)[C@H]3c2cccc([N+](=O)[O-])c2)cc1OC. The number of methoxy groups -OCH3 is 2. The molecule has 9 heteroatoms. The van der Waals surface area contributed by atoms with Gasteiger partial charge in [0.15, 0.2) is 17.3 Å². The van der Waals surface area contributed by atoms with Gasteiger partial charge in [0.25, 0.3) is 5.69 Å². The summed E-state index contributed by atoms with van der Waals surface area (Å²) in [5, 5.41) is 14.8. The van der Waals surface area contributed by atoms with Gasteiger partial charge in [-0.3, -0.25) is 14.9 Å². The average Bonchev–Trinajstić information content (AvgIpc) is 2.90. The number of non-ortho nitro benzene ring substituents is 1. The topological polar surface area (TPSA) is 117 Å². The monoisotopic (exact) mass is 520 g/mol. The molecule has 2 aliphatic rings. The Hall–Kier alpha value is -4.14. The molecule has 4 rings (SSSR count). The summed E-state index contributed by atoms with van der Waals surface area (Å²) in [5.74, 6) is -0.261. The number of dihydropyridines is 1. The van der Waals surface area contributed by atoms with Crippen molar-refractivity contribution in [3.8, 4) is 11.5 Å². The Bertz CT molecular complexity index is 1340. The smallest absolute Gasteiger partial charge is 0.336 e. The largest absolute Gasteiger partial charge is 0.493 e. The summed E-state index contributed by atoms with van der Waals surface area (Å²) in [6, 6.07) is 11.7. The number of nitro groups is 1.